The summed E-state index contributed by atoms with van der Waals surface area (Å²) in [4.78, 5) is 21.8. The van der Waals surface area contributed by atoms with Gasteiger partial charge in [-0.1, -0.05) is 36.4 Å². The highest BCUT2D eigenvalue weighted by atomic mass is 16.5. The lowest BCUT2D eigenvalue weighted by atomic mass is 10.2. The molecule has 0 spiro atoms. The lowest BCUT2D eigenvalue weighted by Gasteiger charge is -2.06. The molecule has 6 heteroatoms. The monoisotopic (exact) mass is 370 g/mol. The molecule has 138 valence electrons. The molecule has 3 heterocycles. The molecule has 2 aromatic carbocycles. The van der Waals surface area contributed by atoms with Gasteiger partial charge in [0.15, 0.2) is 5.69 Å². The maximum absolute atomic E-state index is 12.4. The van der Waals surface area contributed by atoms with Crippen molar-refractivity contribution < 1.29 is 9.53 Å². The van der Waals surface area contributed by atoms with E-state index in [1.54, 1.807) is 0 Å². The average Bonchev–Trinajstić information content (AvgIpc) is 3.21. The zero-order valence-corrected chi connectivity index (χ0v) is 15.6. The molecule has 0 N–H and O–H groups in total. The second-order valence-corrected chi connectivity index (χ2v) is 6.74. The third kappa shape index (κ3) is 2.38. The van der Waals surface area contributed by atoms with E-state index < -0.39 is 5.97 Å². The van der Waals surface area contributed by atoms with Crippen LogP contribution in [0.1, 0.15) is 21.9 Å². The summed E-state index contributed by atoms with van der Waals surface area (Å²) >= 11 is 0. The van der Waals surface area contributed by atoms with Crippen LogP contribution in [0.3, 0.4) is 0 Å². The number of esters is 1. The molecule has 5 aromatic rings. The summed E-state index contributed by atoms with van der Waals surface area (Å²) < 4.78 is 8.95. The number of fused-ring (bicyclic) bond motifs is 4. The normalized spacial score (nSPS) is 11.5. The largest absolute Gasteiger partial charge is 0.464 e. The number of hydrogen-bond acceptors (Lipinski definition) is 4. The van der Waals surface area contributed by atoms with Crippen molar-refractivity contribution in [1.82, 2.24) is 18.9 Å². The number of ether oxygens (including phenoxy) is 1. The minimum absolute atomic E-state index is 0.392. The number of methoxy groups -OCH3 is 1. The van der Waals surface area contributed by atoms with Crippen LogP contribution in [-0.2, 0) is 11.3 Å². The Kier molecular flexibility index (Phi) is 3.65. The van der Waals surface area contributed by atoms with Crippen LogP contribution in [0.25, 0.3) is 27.7 Å². The Labute approximate surface area is 161 Å². The van der Waals surface area contributed by atoms with Crippen molar-refractivity contribution in [1.29, 1.82) is 0 Å². The number of rotatable bonds is 3. The Morgan fingerprint density at radius 3 is 2.54 bits per heavy atom. The van der Waals surface area contributed by atoms with Crippen LogP contribution in [-0.4, -0.2) is 32.0 Å². The SMILES string of the molecule is COC(=O)c1c(C)nc2n(Cc3ccc4ccccc4n3)c3ccccc3n12. The summed E-state index contributed by atoms with van der Waals surface area (Å²) in [5, 5.41) is 1.11. The first-order valence-electron chi connectivity index (χ1n) is 9.06. The van der Waals surface area contributed by atoms with E-state index in [0.717, 1.165) is 27.6 Å². The zero-order valence-electron chi connectivity index (χ0n) is 15.6. The summed E-state index contributed by atoms with van der Waals surface area (Å²) in [6.45, 7) is 2.38. The van der Waals surface area contributed by atoms with Gasteiger partial charge in [0.1, 0.15) is 0 Å². The molecule has 6 nitrogen and oxygen atoms in total. The van der Waals surface area contributed by atoms with Crippen LogP contribution in [0.2, 0.25) is 0 Å². The molecule has 0 aliphatic carbocycles. The zero-order chi connectivity index (χ0) is 19.3. The summed E-state index contributed by atoms with van der Waals surface area (Å²) in [6.07, 6.45) is 0. The number of pyridine rings is 1. The highest BCUT2D eigenvalue weighted by Crippen LogP contribution is 2.26. The van der Waals surface area contributed by atoms with Gasteiger partial charge >= 0.3 is 5.97 Å². The van der Waals surface area contributed by atoms with Crippen LogP contribution in [0.15, 0.2) is 60.7 Å². The van der Waals surface area contributed by atoms with Crippen LogP contribution in [0.5, 0.6) is 0 Å². The molecule has 0 unspecified atom stereocenters. The summed E-state index contributed by atoms with van der Waals surface area (Å²) in [5.41, 5.74) is 4.90. The topological polar surface area (TPSA) is 61.4 Å². The number of para-hydroxylation sites is 3. The fourth-order valence-electron chi connectivity index (χ4n) is 3.76. The van der Waals surface area contributed by atoms with E-state index >= 15 is 0 Å². The number of imidazole rings is 2. The van der Waals surface area contributed by atoms with Gasteiger partial charge in [0.05, 0.1) is 41.6 Å². The molecule has 5 rings (SSSR count). The Bertz CT molecular complexity index is 1360. The van der Waals surface area contributed by atoms with Crippen molar-refractivity contribution in [3.8, 4) is 0 Å². The van der Waals surface area contributed by atoms with Crippen molar-refractivity contribution in [2.24, 2.45) is 0 Å². The van der Waals surface area contributed by atoms with Gasteiger partial charge in [-0.3, -0.25) is 9.38 Å². The molecule has 0 radical (unpaired) electrons. The second kappa shape index (κ2) is 6.20. The first-order valence-corrected chi connectivity index (χ1v) is 9.06. The number of carbonyl (C=O) groups is 1. The molecular formula is C22H18N4O2. The van der Waals surface area contributed by atoms with Gasteiger partial charge in [-0.25, -0.2) is 9.78 Å². The van der Waals surface area contributed by atoms with Gasteiger partial charge in [-0.2, -0.15) is 0 Å². The van der Waals surface area contributed by atoms with Gasteiger partial charge < -0.3 is 9.30 Å². The third-order valence-electron chi connectivity index (χ3n) is 5.04. The molecule has 0 saturated heterocycles. The standard InChI is InChI=1S/C22H18N4O2/c1-14-20(21(27)28-2)26-19-10-6-5-9-18(19)25(22(26)23-14)13-16-12-11-15-7-3-4-8-17(15)24-16/h3-12H,13H2,1-2H3. The number of carbonyl (C=O) groups excluding carboxylic acids is 1. The molecule has 0 aliphatic heterocycles. The van der Waals surface area contributed by atoms with E-state index in [1.807, 2.05) is 59.9 Å². The number of aromatic nitrogens is 4. The Balaban J connectivity index is 1.74. The highest BCUT2D eigenvalue weighted by Gasteiger charge is 2.23. The number of nitrogens with zero attached hydrogens (tertiary/aromatic N) is 4. The van der Waals surface area contributed by atoms with E-state index in [4.69, 9.17) is 9.72 Å². The summed E-state index contributed by atoms with van der Waals surface area (Å²) in [5.74, 6) is 0.311. The van der Waals surface area contributed by atoms with Crippen molar-refractivity contribution in [2.45, 2.75) is 13.5 Å². The van der Waals surface area contributed by atoms with Crippen molar-refractivity contribution >= 4 is 33.7 Å². The van der Waals surface area contributed by atoms with Crippen molar-refractivity contribution in [3.05, 3.63) is 77.7 Å². The van der Waals surface area contributed by atoms with E-state index in [2.05, 4.69) is 21.7 Å². The maximum atomic E-state index is 12.4. The lowest BCUT2D eigenvalue weighted by Crippen LogP contribution is -2.06. The number of benzene rings is 2. The Hall–Kier alpha value is -3.67. The first-order chi connectivity index (χ1) is 13.7. The molecule has 28 heavy (non-hydrogen) atoms. The minimum Gasteiger partial charge on any atom is -0.464 e. The predicted octanol–water partition coefficient (Wildman–Crippen LogP) is 3.98. The molecule has 0 amide bonds. The second-order valence-electron chi connectivity index (χ2n) is 6.74. The van der Waals surface area contributed by atoms with Crippen LogP contribution in [0.4, 0.5) is 0 Å². The van der Waals surface area contributed by atoms with Gasteiger partial charge in [0.25, 0.3) is 0 Å². The fourth-order valence-corrected chi connectivity index (χ4v) is 3.76. The van der Waals surface area contributed by atoms with Crippen molar-refractivity contribution in [3.63, 3.8) is 0 Å². The first kappa shape index (κ1) is 16.5. The van der Waals surface area contributed by atoms with E-state index in [0.29, 0.717) is 23.7 Å². The Morgan fingerprint density at radius 2 is 1.71 bits per heavy atom. The van der Waals surface area contributed by atoms with E-state index in [9.17, 15) is 4.79 Å². The van der Waals surface area contributed by atoms with Gasteiger partial charge in [-0.15, -0.1) is 0 Å². The predicted molar refractivity (Wildman–Crippen MR) is 108 cm³/mol. The van der Waals surface area contributed by atoms with Crippen molar-refractivity contribution in [2.75, 3.05) is 7.11 Å². The molecular weight excluding hydrogens is 352 g/mol. The third-order valence-corrected chi connectivity index (χ3v) is 5.04. The molecule has 0 aliphatic rings. The van der Waals surface area contributed by atoms with Crippen LogP contribution in [0, 0.1) is 6.92 Å². The molecule has 0 atom stereocenters. The van der Waals surface area contributed by atoms with Crippen LogP contribution < -0.4 is 0 Å². The molecule has 0 bridgehead atoms. The van der Waals surface area contributed by atoms with Gasteiger partial charge in [0.2, 0.25) is 5.78 Å². The quantitative estimate of drug-likeness (QED) is 0.451. The van der Waals surface area contributed by atoms with E-state index in [1.165, 1.54) is 7.11 Å². The van der Waals surface area contributed by atoms with Gasteiger partial charge in [-0.05, 0) is 31.2 Å². The highest BCUT2D eigenvalue weighted by molar-refractivity contribution is 5.93. The summed E-state index contributed by atoms with van der Waals surface area (Å²) in [7, 11) is 1.39. The Morgan fingerprint density at radius 1 is 0.964 bits per heavy atom. The fraction of sp³-hybridized carbons (Fsp3) is 0.136. The van der Waals surface area contributed by atoms with E-state index in [-0.39, 0.29) is 0 Å². The molecule has 3 aromatic heterocycles. The minimum atomic E-state index is -0.392. The smallest absolute Gasteiger partial charge is 0.357 e. The summed E-state index contributed by atoms with van der Waals surface area (Å²) in [6, 6.07) is 20.1. The number of hydrogen-bond donors (Lipinski definition) is 0. The maximum Gasteiger partial charge on any atom is 0.357 e. The lowest BCUT2D eigenvalue weighted by molar-refractivity contribution is 0.0592. The average molecular weight is 370 g/mol. The van der Waals surface area contributed by atoms with Crippen LogP contribution >= 0.6 is 0 Å². The number of aryl methyl sites for hydroxylation is 1. The van der Waals surface area contributed by atoms with Gasteiger partial charge in [0, 0.05) is 5.39 Å². The molecule has 0 saturated carbocycles. The molecule has 0 fully saturated rings.